The fourth-order valence-corrected chi connectivity index (χ4v) is 2.13. The molecule has 2 rings (SSSR count). The third-order valence-corrected chi connectivity index (χ3v) is 3.23. The predicted octanol–water partition coefficient (Wildman–Crippen LogP) is 3.64. The largest absolute Gasteiger partial charge is 0.416 e. The van der Waals surface area contributed by atoms with E-state index in [0.717, 1.165) is 36.4 Å². The second-order valence-corrected chi connectivity index (χ2v) is 4.47. The first-order valence-corrected chi connectivity index (χ1v) is 5.44. The van der Waals surface area contributed by atoms with Crippen LogP contribution in [0.3, 0.4) is 0 Å². The molecular weight excluding hydrogens is 227 g/mol. The minimum atomic E-state index is -4.26. The van der Waals surface area contributed by atoms with Gasteiger partial charge in [-0.25, -0.2) is 0 Å². The number of allylic oxidation sites excluding steroid dienone is 1. The third-order valence-electron chi connectivity index (χ3n) is 3.23. The average molecular weight is 241 g/mol. The summed E-state index contributed by atoms with van der Waals surface area (Å²) in [5.74, 6) is 0.259. The number of rotatable bonds is 1. The number of likely N-dealkylation sites (N-methyl/N-ethyl adjacent to an activating group) is 1. The molecule has 0 saturated carbocycles. The number of hydrogen-bond donors (Lipinski definition) is 0. The summed E-state index contributed by atoms with van der Waals surface area (Å²) in [5.41, 5.74) is 1.39. The first-order valence-electron chi connectivity index (χ1n) is 5.44. The monoisotopic (exact) mass is 241 g/mol. The van der Waals surface area contributed by atoms with Gasteiger partial charge in [-0.1, -0.05) is 18.7 Å². The Morgan fingerprint density at radius 3 is 2.24 bits per heavy atom. The summed E-state index contributed by atoms with van der Waals surface area (Å²) < 4.78 is 37.2. The van der Waals surface area contributed by atoms with E-state index in [2.05, 4.69) is 6.58 Å². The maximum absolute atomic E-state index is 12.4. The van der Waals surface area contributed by atoms with Crippen molar-refractivity contribution in [2.75, 3.05) is 13.6 Å². The molecule has 17 heavy (non-hydrogen) atoms. The van der Waals surface area contributed by atoms with Crippen LogP contribution in [-0.2, 0) is 6.18 Å². The second kappa shape index (κ2) is 4.09. The van der Waals surface area contributed by atoms with E-state index in [1.165, 1.54) is 0 Å². The Kier molecular flexibility index (Phi) is 2.89. The fourth-order valence-electron chi connectivity index (χ4n) is 2.13. The van der Waals surface area contributed by atoms with E-state index in [9.17, 15) is 13.2 Å². The molecule has 0 amide bonds. The summed E-state index contributed by atoms with van der Waals surface area (Å²) in [7, 11) is 1.95. The Morgan fingerprint density at radius 1 is 1.24 bits per heavy atom. The minimum Gasteiger partial charge on any atom is -0.378 e. The first kappa shape index (κ1) is 12.0. The van der Waals surface area contributed by atoms with Gasteiger partial charge in [0.15, 0.2) is 0 Å². The molecule has 1 aliphatic heterocycles. The Labute approximate surface area is 98.5 Å². The van der Waals surface area contributed by atoms with Gasteiger partial charge in [0.05, 0.1) is 5.56 Å². The summed E-state index contributed by atoms with van der Waals surface area (Å²) in [6.45, 7) is 4.74. The first-order chi connectivity index (χ1) is 7.88. The third kappa shape index (κ3) is 2.46. The standard InChI is InChI=1S/C13H14F3N/c1-9-7-11(8-17(9)2)10-3-5-12(6-4-10)13(14,15)16/h3-6,11H,1,7-8H2,2H3/t11-/m0/s1. The lowest BCUT2D eigenvalue weighted by Crippen LogP contribution is -2.12. The van der Waals surface area contributed by atoms with Crippen molar-refractivity contribution < 1.29 is 13.2 Å². The summed E-state index contributed by atoms with van der Waals surface area (Å²) in [6, 6.07) is 5.44. The molecule has 0 spiro atoms. The Hall–Kier alpha value is -1.45. The molecule has 4 heteroatoms. The Balaban J connectivity index is 2.17. The van der Waals surface area contributed by atoms with E-state index >= 15 is 0 Å². The van der Waals surface area contributed by atoms with Gasteiger partial charge >= 0.3 is 6.18 Å². The molecule has 0 unspecified atom stereocenters. The van der Waals surface area contributed by atoms with Crippen LogP contribution in [0.4, 0.5) is 13.2 Å². The highest BCUT2D eigenvalue weighted by Gasteiger charge is 2.31. The van der Waals surface area contributed by atoms with Crippen LogP contribution in [-0.4, -0.2) is 18.5 Å². The van der Waals surface area contributed by atoms with Crippen LogP contribution in [0.2, 0.25) is 0 Å². The number of halogens is 3. The van der Waals surface area contributed by atoms with Gasteiger partial charge in [0, 0.05) is 25.2 Å². The van der Waals surface area contributed by atoms with Crippen LogP contribution >= 0.6 is 0 Å². The molecule has 1 aromatic rings. The number of nitrogens with zero attached hydrogens (tertiary/aromatic N) is 1. The lowest BCUT2D eigenvalue weighted by molar-refractivity contribution is -0.137. The summed E-state index contributed by atoms with van der Waals surface area (Å²) in [4.78, 5) is 2.04. The van der Waals surface area contributed by atoms with E-state index in [-0.39, 0.29) is 5.92 Å². The highest BCUT2D eigenvalue weighted by molar-refractivity contribution is 5.29. The van der Waals surface area contributed by atoms with Crippen LogP contribution < -0.4 is 0 Å². The van der Waals surface area contributed by atoms with E-state index in [1.54, 1.807) is 12.1 Å². The Bertz CT molecular complexity index is 419. The van der Waals surface area contributed by atoms with Crippen LogP contribution in [0.1, 0.15) is 23.5 Å². The van der Waals surface area contributed by atoms with E-state index in [4.69, 9.17) is 0 Å². The van der Waals surface area contributed by atoms with Gasteiger partial charge < -0.3 is 4.90 Å². The predicted molar refractivity (Wildman–Crippen MR) is 60.6 cm³/mol. The maximum atomic E-state index is 12.4. The topological polar surface area (TPSA) is 3.24 Å². The number of benzene rings is 1. The normalized spacial score (nSPS) is 21.1. The quantitative estimate of drug-likeness (QED) is 0.725. The number of alkyl halides is 3. The zero-order valence-electron chi connectivity index (χ0n) is 9.59. The smallest absolute Gasteiger partial charge is 0.378 e. The van der Waals surface area contributed by atoms with Crippen molar-refractivity contribution in [3.8, 4) is 0 Å². The molecule has 1 nitrogen and oxygen atoms in total. The van der Waals surface area contributed by atoms with Gasteiger partial charge in [-0.15, -0.1) is 0 Å². The lowest BCUT2D eigenvalue weighted by Gasteiger charge is -2.13. The molecule has 1 aromatic carbocycles. The molecule has 1 saturated heterocycles. The number of hydrogen-bond acceptors (Lipinski definition) is 1. The fraction of sp³-hybridized carbons (Fsp3) is 0.385. The van der Waals surface area contributed by atoms with Gasteiger partial charge in [0.25, 0.3) is 0 Å². The highest BCUT2D eigenvalue weighted by Crippen LogP contribution is 2.34. The lowest BCUT2D eigenvalue weighted by atomic mass is 9.97. The van der Waals surface area contributed by atoms with Crippen molar-refractivity contribution in [1.29, 1.82) is 0 Å². The molecular formula is C13H14F3N. The van der Waals surface area contributed by atoms with E-state index in [0.29, 0.717) is 0 Å². The molecule has 0 bridgehead atoms. The molecule has 0 radical (unpaired) electrons. The van der Waals surface area contributed by atoms with Gasteiger partial charge in [-0.2, -0.15) is 13.2 Å². The van der Waals surface area contributed by atoms with Crippen molar-refractivity contribution in [1.82, 2.24) is 4.90 Å². The molecule has 1 atom stereocenters. The highest BCUT2D eigenvalue weighted by atomic mass is 19.4. The summed E-state index contributed by atoms with van der Waals surface area (Å²) in [5, 5.41) is 0. The molecule has 1 fully saturated rings. The SMILES string of the molecule is C=C1C[C@H](c2ccc(C(F)(F)F)cc2)CN1C. The molecule has 1 heterocycles. The zero-order chi connectivity index (χ0) is 12.6. The van der Waals surface area contributed by atoms with Gasteiger partial charge in [-0.3, -0.25) is 0 Å². The van der Waals surface area contributed by atoms with Crippen molar-refractivity contribution in [3.63, 3.8) is 0 Å². The van der Waals surface area contributed by atoms with Crippen molar-refractivity contribution in [3.05, 3.63) is 47.7 Å². The second-order valence-electron chi connectivity index (χ2n) is 4.47. The van der Waals surface area contributed by atoms with Crippen LogP contribution in [0.15, 0.2) is 36.5 Å². The van der Waals surface area contributed by atoms with Gasteiger partial charge in [0.1, 0.15) is 0 Å². The van der Waals surface area contributed by atoms with Crippen molar-refractivity contribution >= 4 is 0 Å². The summed E-state index contributed by atoms with van der Waals surface area (Å²) >= 11 is 0. The number of likely N-dealkylation sites (tertiary alicyclic amines) is 1. The average Bonchev–Trinajstić information content (AvgIpc) is 2.58. The Morgan fingerprint density at radius 2 is 1.82 bits per heavy atom. The van der Waals surface area contributed by atoms with Gasteiger partial charge in [-0.05, 0) is 24.1 Å². The van der Waals surface area contributed by atoms with E-state index < -0.39 is 11.7 Å². The zero-order valence-corrected chi connectivity index (χ0v) is 9.59. The van der Waals surface area contributed by atoms with Crippen molar-refractivity contribution in [2.45, 2.75) is 18.5 Å². The summed E-state index contributed by atoms with van der Waals surface area (Å²) in [6.07, 6.45) is -3.43. The van der Waals surface area contributed by atoms with Gasteiger partial charge in [0.2, 0.25) is 0 Å². The van der Waals surface area contributed by atoms with Crippen LogP contribution in [0, 0.1) is 0 Å². The van der Waals surface area contributed by atoms with Crippen LogP contribution in [0.5, 0.6) is 0 Å². The molecule has 92 valence electrons. The van der Waals surface area contributed by atoms with E-state index in [1.807, 2.05) is 11.9 Å². The molecule has 0 aromatic heterocycles. The maximum Gasteiger partial charge on any atom is 0.416 e. The van der Waals surface area contributed by atoms with Crippen LogP contribution in [0.25, 0.3) is 0 Å². The minimum absolute atomic E-state index is 0.259. The molecule has 0 N–H and O–H groups in total. The molecule has 0 aliphatic carbocycles. The molecule has 1 aliphatic rings. The van der Waals surface area contributed by atoms with Crippen molar-refractivity contribution in [2.24, 2.45) is 0 Å².